The van der Waals surface area contributed by atoms with E-state index in [1.807, 2.05) is 70.5 Å². The maximum absolute atomic E-state index is 13.1. The zero-order valence-corrected chi connectivity index (χ0v) is 18.7. The molecule has 2 aromatic heterocycles. The highest BCUT2D eigenvalue weighted by Crippen LogP contribution is 2.29. The van der Waals surface area contributed by atoms with Crippen molar-refractivity contribution in [3.63, 3.8) is 0 Å². The number of aryl methyl sites for hydroxylation is 2. The van der Waals surface area contributed by atoms with E-state index < -0.39 is 10.0 Å². The van der Waals surface area contributed by atoms with Gasteiger partial charge < -0.3 is 5.32 Å². The molecule has 0 aliphatic carbocycles. The molecule has 0 fully saturated rings. The number of rotatable bonds is 7. The van der Waals surface area contributed by atoms with Crippen molar-refractivity contribution in [3.8, 4) is 11.3 Å². The highest BCUT2D eigenvalue weighted by atomic mass is 35.5. The van der Waals surface area contributed by atoms with Crippen LogP contribution < -0.4 is 5.32 Å². The lowest BCUT2D eigenvalue weighted by Crippen LogP contribution is -2.16. The van der Waals surface area contributed by atoms with Crippen LogP contribution in [0, 0.1) is 13.8 Å². The van der Waals surface area contributed by atoms with E-state index in [1.165, 1.54) is 3.97 Å². The molecule has 1 N–H and O–H groups in total. The van der Waals surface area contributed by atoms with E-state index in [2.05, 4.69) is 10.4 Å². The van der Waals surface area contributed by atoms with Crippen LogP contribution in [-0.2, 0) is 23.6 Å². The Labute approximate surface area is 178 Å². The zero-order chi connectivity index (χ0) is 20.3. The third-order valence-corrected chi connectivity index (χ3v) is 6.20. The highest BCUT2D eigenvalue weighted by Gasteiger charge is 2.21. The molecule has 0 spiro atoms. The summed E-state index contributed by atoms with van der Waals surface area (Å²) in [7, 11) is 0.140. The molecule has 0 atom stereocenters. The molecular weight excluding hydrogens is 408 g/mol. The largest absolute Gasteiger partial charge is 0.316 e. The summed E-state index contributed by atoms with van der Waals surface area (Å²) in [4.78, 5) is 0. The summed E-state index contributed by atoms with van der Waals surface area (Å²) < 4.78 is 29.4. The summed E-state index contributed by atoms with van der Waals surface area (Å²) in [5.41, 5.74) is 5.33. The molecule has 3 rings (SSSR count). The van der Waals surface area contributed by atoms with E-state index in [1.54, 1.807) is 17.0 Å². The molecule has 0 saturated carbocycles. The first kappa shape index (κ1) is 22.9. The van der Waals surface area contributed by atoms with Crippen molar-refractivity contribution in [2.75, 3.05) is 12.8 Å². The van der Waals surface area contributed by atoms with Crippen LogP contribution in [0.15, 0.2) is 48.8 Å². The lowest BCUT2D eigenvalue weighted by molar-refractivity contribution is 0.591. The van der Waals surface area contributed by atoms with Crippen LogP contribution in [0.3, 0.4) is 0 Å². The summed E-state index contributed by atoms with van der Waals surface area (Å²) in [5.74, 6) is -0.0890. The van der Waals surface area contributed by atoms with Gasteiger partial charge in [0.15, 0.2) is 0 Å². The number of aromatic nitrogens is 3. The van der Waals surface area contributed by atoms with Gasteiger partial charge in [-0.3, -0.25) is 4.68 Å². The molecule has 0 bridgehead atoms. The van der Waals surface area contributed by atoms with E-state index in [0.717, 1.165) is 33.6 Å². The van der Waals surface area contributed by atoms with Gasteiger partial charge in [0.25, 0.3) is 0 Å². The molecular formula is C21H27ClN4O2S. The maximum atomic E-state index is 13.1. The van der Waals surface area contributed by atoms with Crippen molar-refractivity contribution in [3.05, 3.63) is 71.2 Å². The Bertz CT molecular complexity index is 1100. The number of hydrogen-bond donors (Lipinski definition) is 1. The summed E-state index contributed by atoms with van der Waals surface area (Å²) in [6, 6.07) is 9.63. The van der Waals surface area contributed by atoms with Gasteiger partial charge >= 0.3 is 0 Å². The molecule has 156 valence electrons. The Balaban J connectivity index is 0.00000300. The molecule has 1 aromatic carbocycles. The van der Waals surface area contributed by atoms with Crippen molar-refractivity contribution in [2.45, 2.75) is 20.4 Å². The standard InChI is InChI=1S/C21H26N4O2S.ClH/c1-16-20(13-22-3)15-25(21(16)18-9-6-5-7-10-18)28(26,27)12-8-11-19-14-24(4)23-17(19)2;/h5-11,14-15,22H,12-13H2,1-4H3;1H. The molecule has 8 heteroatoms. The van der Waals surface area contributed by atoms with Gasteiger partial charge in [-0.2, -0.15) is 5.10 Å². The second-order valence-electron chi connectivity index (χ2n) is 6.84. The lowest BCUT2D eigenvalue weighted by Gasteiger charge is -2.10. The number of halogens is 1. The summed E-state index contributed by atoms with van der Waals surface area (Å²) in [5, 5.41) is 7.39. The van der Waals surface area contributed by atoms with Crippen LogP contribution in [0.2, 0.25) is 0 Å². The van der Waals surface area contributed by atoms with Gasteiger partial charge in [-0.05, 0) is 37.6 Å². The third kappa shape index (κ3) is 4.98. The van der Waals surface area contributed by atoms with Crippen molar-refractivity contribution in [1.29, 1.82) is 0 Å². The second-order valence-corrected chi connectivity index (χ2v) is 8.74. The van der Waals surface area contributed by atoms with Crippen LogP contribution in [0.4, 0.5) is 0 Å². The van der Waals surface area contributed by atoms with E-state index >= 15 is 0 Å². The van der Waals surface area contributed by atoms with Crippen molar-refractivity contribution in [1.82, 2.24) is 19.1 Å². The fourth-order valence-electron chi connectivity index (χ4n) is 3.31. The van der Waals surface area contributed by atoms with Gasteiger partial charge in [-0.1, -0.05) is 42.5 Å². The number of nitrogens with zero attached hydrogens (tertiary/aromatic N) is 3. The molecule has 0 unspecified atom stereocenters. The Morgan fingerprint density at radius 1 is 1.14 bits per heavy atom. The molecule has 0 radical (unpaired) electrons. The Morgan fingerprint density at radius 2 is 1.83 bits per heavy atom. The topological polar surface area (TPSA) is 68.9 Å². The molecule has 6 nitrogen and oxygen atoms in total. The third-order valence-electron chi connectivity index (χ3n) is 4.70. The van der Waals surface area contributed by atoms with Gasteiger partial charge in [0.2, 0.25) is 10.0 Å². The first-order valence-corrected chi connectivity index (χ1v) is 10.7. The summed E-state index contributed by atoms with van der Waals surface area (Å²) >= 11 is 0. The smallest absolute Gasteiger partial charge is 0.242 e. The number of nitrogens with one attached hydrogen (secondary N) is 1. The minimum absolute atomic E-state index is 0. The molecule has 0 aliphatic heterocycles. The van der Waals surface area contributed by atoms with E-state index in [-0.39, 0.29) is 18.2 Å². The summed E-state index contributed by atoms with van der Waals surface area (Å²) in [6.07, 6.45) is 7.10. The molecule has 0 saturated heterocycles. The van der Waals surface area contributed by atoms with E-state index in [4.69, 9.17) is 0 Å². The quantitative estimate of drug-likeness (QED) is 0.617. The average molecular weight is 435 g/mol. The average Bonchev–Trinajstić information content (AvgIpc) is 3.15. The van der Waals surface area contributed by atoms with Gasteiger partial charge in [-0.15, -0.1) is 12.4 Å². The van der Waals surface area contributed by atoms with Gasteiger partial charge in [0.05, 0.1) is 17.1 Å². The molecule has 3 aromatic rings. The molecule has 0 amide bonds. The normalized spacial score (nSPS) is 11.7. The predicted octanol–water partition coefficient (Wildman–Crippen LogP) is 3.54. The van der Waals surface area contributed by atoms with Crippen LogP contribution in [0.1, 0.15) is 22.4 Å². The molecule has 29 heavy (non-hydrogen) atoms. The molecule has 2 heterocycles. The Hall–Kier alpha value is -2.35. The van der Waals surface area contributed by atoms with Gasteiger partial charge in [-0.25, -0.2) is 12.4 Å². The fraction of sp³-hybridized carbons (Fsp3) is 0.286. The minimum atomic E-state index is -3.56. The van der Waals surface area contributed by atoms with Gasteiger partial charge in [0.1, 0.15) is 0 Å². The first-order chi connectivity index (χ1) is 13.3. The number of hydrogen-bond acceptors (Lipinski definition) is 4. The maximum Gasteiger partial charge on any atom is 0.242 e. The summed E-state index contributed by atoms with van der Waals surface area (Å²) in [6.45, 7) is 4.48. The molecule has 0 aliphatic rings. The first-order valence-electron chi connectivity index (χ1n) is 9.14. The Morgan fingerprint density at radius 3 is 2.41 bits per heavy atom. The SMILES string of the molecule is CNCc1cn(S(=O)(=O)CC=Cc2cn(C)nc2C)c(-c2ccccc2)c1C.Cl. The van der Waals surface area contributed by atoms with E-state index in [0.29, 0.717) is 6.54 Å². The minimum Gasteiger partial charge on any atom is -0.316 e. The number of benzene rings is 1. The van der Waals surface area contributed by atoms with Crippen LogP contribution in [-0.4, -0.2) is 35.0 Å². The van der Waals surface area contributed by atoms with Crippen molar-refractivity contribution >= 4 is 28.5 Å². The van der Waals surface area contributed by atoms with Crippen molar-refractivity contribution in [2.24, 2.45) is 7.05 Å². The van der Waals surface area contributed by atoms with Crippen LogP contribution in [0.5, 0.6) is 0 Å². The van der Waals surface area contributed by atoms with E-state index in [9.17, 15) is 8.42 Å². The lowest BCUT2D eigenvalue weighted by atomic mass is 10.1. The predicted molar refractivity (Wildman–Crippen MR) is 121 cm³/mol. The fourth-order valence-corrected chi connectivity index (χ4v) is 4.62. The van der Waals surface area contributed by atoms with Crippen LogP contribution in [0.25, 0.3) is 17.3 Å². The Kier molecular flexibility index (Phi) is 7.46. The van der Waals surface area contributed by atoms with Gasteiger partial charge in [0, 0.05) is 31.5 Å². The zero-order valence-electron chi connectivity index (χ0n) is 17.1. The second kappa shape index (κ2) is 9.43. The monoisotopic (exact) mass is 434 g/mol. The highest BCUT2D eigenvalue weighted by molar-refractivity contribution is 7.90. The van der Waals surface area contributed by atoms with Crippen molar-refractivity contribution < 1.29 is 8.42 Å². The van der Waals surface area contributed by atoms with Crippen LogP contribution >= 0.6 is 12.4 Å².